The fraction of sp³-hybridized carbons (Fsp3) is 0.333. The molecule has 4 rings (SSSR count). The Hall–Kier alpha value is -3.62. The van der Waals surface area contributed by atoms with Gasteiger partial charge < -0.3 is 14.8 Å². The van der Waals surface area contributed by atoms with Crippen molar-refractivity contribution in [2.24, 2.45) is 5.92 Å². The molecule has 0 aromatic heterocycles. The van der Waals surface area contributed by atoms with Gasteiger partial charge in [0.25, 0.3) is 5.91 Å². The molecule has 1 N–H and O–H groups in total. The van der Waals surface area contributed by atoms with Crippen LogP contribution in [0.2, 0.25) is 0 Å². The van der Waals surface area contributed by atoms with E-state index in [2.05, 4.69) is 36.2 Å². The number of benzene rings is 2. The summed E-state index contributed by atoms with van der Waals surface area (Å²) in [5, 5.41) is 12.2. The van der Waals surface area contributed by atoms with Crippen LogP contribution in [0.1, 0.15) is 53.6 Å². The SMILES string of the molecule is C=C(/C=C(\C=C/C)C1CCC1)CNC(=O)c1ccc2c(c1)C(C#N)COC2.COc1ccccc1. The van der Waals surface area contributed by atoms with Crippen LogP contribution < -0.4 is 10.1 Å². The maximum absolute atomic E-state index is 12.5. The second kappa shape index (κ2) is 13.3. The zero-order chi connectivity index (χ0) is 25.0. The molecule has 1 saturated carbocycles. The monoisotopic (exact) mass is 470 g/mol. The first-order valence-electron chi connectivity index (χ1n) is 12.0. The van der Waals surface area contributed by atoms with Gasteiger partial charge >= 0.3 is 0 Å². The Bertz CT molecular complexity index is 1110. The van der Waals surface area contributed by atoms with Crippen molar-refractivity contribution in [1.29, 1.82) is 5.26 Å². The highest BCUT2D eigenvalue weighted by Crippen LogP contribution is 2.34. The summed E-state index contributed by atoms with van der Waals surface area (Å²) in [6.45, 7) is 7.40. The Kier molecular flexibility index (Phi) is 9.89. The molecule has 1 fully saturated rings. The minimum atomic E-state index is -0.315. The van der Waals surface area contributed by atoms with Crippen LogP contribution in [0.4, 0.5) is 0 Å². The van der Waals surface area contributed by atoms with Gasteiger partial charge in [-0.1, -0.05) is 55.5 Å². The molecular weight excluding hydrogens is 436 g/mol. The van der Waals surface area contributed by atoms with Gasteiger partial charge in [-0.15, -0.1) is 0 Å². The molecule has 182 valence electrons. The Morgan fingerprint density at radius 2 is 2.03 bits per heavy atom. The molecule has 2 aromatic carbocycles. The lowest BCUT2D eigenvalue weighted by atomic mass is 9.79. The number of nitrogens with zero attached hydrogens (tertiary/aromatic N) is 1. The van der Waals surface area contributed by atoms with Crippen LogP contribution in [0.3, 0.4) is 0 Å². The second-order valence-corrected chi connectivity index (χ2v) is 8.74. The normalized spacial score (nSPS) is 17.3. The summed E-state index contributed by atoms with van der Waals surface area (Å²) in [4.78, 5) is 12.5. The van der Waals surface area contributed by atoms with Crippen molar-refractivity contribution >= 4 is 5.91 Å². The molecule has 0 spiro atoms. The van der Waals surface area contributed by atoms with E-state index >= 15 is 0 Å². The first-order chi connectivity index (χ1) is 17.0. The van der Waals surface area contributed by atoms with Gasteiger partial charge in [0.2, 0.25) is 0 Å². The molecule has 35 heavy (non-hydrogen) atoms. The summed E-state index contributed by atoms with van der Waals surface area (Å²) in [6.07, 6.45) is 10.0. The third-order valence-electron chi connectivity index (χ3n) is 6.24. The maximum Gasteiger partial charge on any atom is 0.251 e. The number of hydrogen-bond donors (Lipinski definition) is 1. The highest BCUT2D eigenvalue weighted by Gasteiger charge is 2.22. The van der Waals surface area contributed by atoms with Crippen molar-refractivity contribution in [2.45, 2.75) is 38.7 Å². The standard InChI is InChI=1S/C23H26N2O2.C7H8O/c1-3-5-18(17-6-4-7-17)10-16(2)13-25-23(26)19-8-9-20-14-27-15-21(12-24)22(20)11-19;1-8-7-5-3-2-4-6-7/h3,5,8-11,17,21H,2,4,6-7,13-15H2,1H3,(H,25,26);2-6H,1H3/b5-3-,18-10+;. The Labute approximate surface area is 208 Å². The average Bonchev–Trinajstić information content (AvgIpc) is 2.86. The third-order valence-corrected chi connectivity index (χ3v) is 6.24. The highest BCUT2D eigenvalue weighted by molar-refractivity contribution is 5.94. The van der Waals surface area contributed by atoms with Crippen molar-refractivity contribution in [2.75, 3.05) is 20.3 Å². The summed E-state index contributed by atoms with van der Waals surface area (Å²) >= 11 is 0. The minimum absolute atomic E-state index is 0.147. The Morgan fingerprint density at radius 3 is 2.63 bits per heavy atom. The number of amides is 1. The van der Waals surface area contributed by atoms with E-state index in [1.165, 1.54) is 24.8 Å². The summed E-state index contributed by atoms with van der Waals surface area (Å²) in [5.74, 6) is 1.07. The Balaban J connectivity index is 0.000000363. The van der Waals surface area contributed by atoms with E-state index in [0.717, 1.165) is 22.4 Å². The molecule has 0 radical (unpaired) electrons. The van der Waals surface area contributed by atoms with E-state index in [-0.39, 0.29) is 11.8 Å². The average molecular weight is 471 g/mol. The van der Waals surface area contributed by atoms with Gasteiger partial charge in [-0.3, -0.25) is 4.79 Å². The number of fused-ring (bicyclic) bond motifs is 1. The molecule has 1 amide bonds. The van der Waals surface area contributed by atoms with E-state index in [0.29, 0.717) is 31.2 Å². The van der Waals surface area contributed by atoms with Gasteiger partial charge in [0.15, 0.2) is 0 Å². The van der Waals surface area contributed by atoms with Gasteiger partial charge in [0, 0.05) is 12.1 Å². The van der Waals surface area contributed by atoms with Gasteiger partial charge in [-0.25, -0.2) is 0 Å². The molecule has 0 bridgehead atoms. The maximum atomic E-state index is 12.5. The summed E-state index contributed by atoms with van der Waals surface area (Å²) in [5.41, 5.74) is 4.64. The van der Waals surface area contributed by atoms with Gasteiger partial charge in [-0.05, 0) is 72.2 Å². The molecule has 2 aliphatic rings. The number of para-hydroxylation sites is 1. The van der Waals surface area contributed by atoms with E-state index in [9.17, 15) is 10.1 Å². The third kappa shape index (κ3) is 7.43. The largest absolute Gasteiger partial charge is 0.497 e. The fourth-order valence-corrected chi connectivity index (χ4v) is 4.05. The molecule has 1 heterocycles. The van der Waals surface area contributed by atoms with Crippen LogP contribution in [0.15, 0.2) is 84.5 Å². The van der Waals surface area contributed by atoms with Crippen molar-refractivity contribution < 1.29 is 14.3 Å². The van der Waals surface area contributed by atoms with Crippen molar-refractivity contribution in [1.82, 2.24) is 5.32 Å². The molecule has 1 aliphatic heterocycles. The van der Waals surface area contributed by atoms with Gasteiger partial charge in [-0.2, -0.15) is 5.26 Å². The lowest BCUT2D eigenvalue weighted by Crippen LogP contribution is -2.26. The molecular formula is C30H34N2O3. The number of carbonyl (C=O) groups excluding carboxylic acids is 1. The smallest absolute Gasteiger partial charge is 0.251 e. The molecule has 5 heteroatoms. The molecule has 1 unspecified atom stereocenters. The topological polar surface area (TPSA) is 71.4 Å². The highest BCUT2D eigenvalue weighted by atomic mass is 16.5. The quantitative estimate of drug-likeness (QED) is 0.496. The number of ether oxygens (including phenoxy) is 2. The number of nitriles is 1. The van der Waals surface area contributed by atoms with E-state index < -0.39 is 0 Å². The number of rotatable bonds is 7. The second-order valence-electron chi connectivity index (χ2n) is 8.74. The fourth-order valence-electron chi connectivity index (χ4n) is 4.05. The summed E-state index contributed by atoms with van der Waals surface area (Å²) < 4.78 is 10.3. The van der Waals surface area contributed by atoms with Crippen molar-refractivity contribution in [3.05, 3.63) is 101 Å². The van der Waals surface area contributed by atoms with Crippen LogP contribution in [-0.2, 0) is 11.3 Å². The first kappa shape index (κ1) is 26.0. The molecule has 5 nitrogen and oxygen atoms in total. The lowest BCUT2D eigenvalue weighted by Gasteiger charge is -2.27. The van der Waals surface area contributed by atoms with Gasteiger partial charge in [0.05, 0.1) is 32.3 Å². The van der Waals surface area contributed by atoms with Crippen LogP contribution in [-0.4, -0.2) is 26.2 Å². The summed E-state index contributed by atoms with van der Waals surface area (Å²) in [6, 6.07) is 17.4. The number of hydrogen-bond acceptors (Lipinski definition) is 4. The minimum Gasteiger partial charge on any atom is -0.497 e. The summed E-state index contributed by atoms with van der Waals surface area (Å²) in [7, 11) is 1.66. The number of carbonyl (C=O) groups is 1. The lowest BCUT2D eigenvalue weighted by molar-refractivity contribution is 0.0952. The van der Waals surface area contributed by atoms with Crippen LogP contribution in [0.5, 0.6) is 5.75 Å². The zero-order valence-electron chi connectivity index (χ0n) is 20.6. The van der Waals surface area contributed by atoms with E-state index in [4.69, 9.17) is 9.47 Å². The van der Waals surface area contributed by atoms with E-state index in [1.807, 2.05) is 49.4 Å². The predicted octanol–water partition coefficient (Wildman–Crippen LogP) is 6.11. The first-order valence-corrected chi connectivity index (χ1v) is 12.0. The number of nitrogens with one attached hydrogen (secondary N) is 1. The predicted molar refractivity (Wildman–Crippen MR) is 139 cm³/mol. The number of allylic oxidation sites excluding steroid dienone is 3. The molecule has 0 saturated heterocycles. The molecule has 2 aromatic rings. The zero-order valence-corrected chi connectivity index (χ0v) is 20.6. The van der Waals surface area contributed by atoms with Crippen LogP contribution in [0, 0.1) is 17.2 Å². The van der Waals surface area contributed by atoms with Crippen molar-refractivity contribution in [3.8, 4) is 11.8 Å². The number of methoxy groups -OCH3 is 1. The van der Waals surface area contributed by atoms with Crippen LogP contribution >= 0.6 is 0 Å². The van der Waals surface area contributed by atoms with E-state index in [1.54, 1.807) is 13.2 Å². The van der Waals surface area contributed by atoms with Crippen LogP contribution in [0.25, 0.3) is 0 Å². The Morgan fingerprint density at radius 1 is 1.26 bits per heavy atom. The van der Waals surface area contributed by atoms with Gasteiger partial charge in [0.1, 0.15) is 5.75 Å². The molecule has 1 atom stereocenters. The molecule has 1 aliphatic carbocycles. The van der Waals surface area contributed by atoms with Crippen molar-refractivity contribution in [3.63, 3.8) is 0 Å².